The highest BCUT2D eigenvalue weighted by Crippen LogP contribution is 2.19. The normalized spacial score (nSPS) is 10.4. The van der Waals surface area contributed by atoms with Gasteiger partial charge in [0.1, 0.15) is 11.6 Å². The molecule has 0 spiro atoms. The number of rotatable bonds is 4. The molecule has 0 saturated heterocycles. The van der Waals surface area contributed by atoms with Gasteiger partial charge in [0.15, 0.2) is 5.82 Å². The SMILES string of the molecule is CNc1cc(C(=O)N(C)Cc2n[nH]c(C)n2)c(Cl)cn1. The summed E-state index contributed by atoms with van der Waals surface area (Å²) in [5.41, 5.74) is 0.390. The molecule has 20 heavy (non-hydrogen) atoms. The third kappa shape index (κ3) is 3.05. The van der Waals surface area contributed by atoms with Crippen molar-refractivity contribution in [3.63, 3.8) is 0 Å². The number of aromatic nitrogens is 4. The van der Waals surface area contributed by atoms with Gasteiger partial charge in [0, 0.05) is 20.3 Å². The maximum atomic E-state index is 12.4. The molecule has 106 valence electrons. The molecule has 0 aliphatic heterocycles. The number of aryl methyl sites for hydroxylation is 1. The summed E-state index contributed by atoms with van der Waals surface area (Å²) in [7, 11) is 3.40. The Morgan fingerprint density at radius 3 is 2.90 bits per heavy atom. The minimum absolute atomic E-state index is 0.212. The van der Waals surface area contributed by atoms with Crippen LogP contribution >= 0.6 is 11.6 Å². The molecule has 2 rings (SSSR count). The van der Waals surface area contributed by atoms with Gasteiger partial charge in [-0.05, 0) is 13.0 Å². The predicted octanol–water partition coefficient (Wildman–Crippen LogP) is 1.48. The standard InChI is InChI=1S/C12H15ClN6O/c1-7-16-11(18-17-7)6-19(3)12(20)8-4-10(14-2)15-5-9(8)13/h4-5H,6H2,1-3H3,(H,14,15)(H,16,17,18). The number of anilines is 1. The van der Waals surface area contributed by atoms with Crippen molar-refractivity contribution in [1.82, 2.24) is 25.1 Å². The summed E-state index contributed by atoms with van der Waals surface area (Å²) < 4.78 is 0. The van der Waals surface area contributed by atoms with Crippen molar-refractivity contribution in [2.75, 3.05) is 19.4 Å². The van der Waals surface area contributed by atoms with Crippen LogP contribution in [0.2, 0.25) is 5.02 Å². The zero-order valence-corrected chi connectivity index (χ0v) is 12.2. The van der Waals surface area contributed by atoms with Crippen molar-refractivity contribution < 1.29 is 4.79 Å². The van der Waals surface area contributed by atoms with E-state index in [0.717, 1.165) is 0 Å². The molecule has 1 amide bonds. The van der Waals surface area contributed by atoms with Crippen LogP contribution in [0, 0.1) is 6.92 Å². The highest BCUT2D eigenvalue weighted by atomic mass is 35.5. The van der Waals surface area contributed by atoms with Crippen molar-refractivity contribution in [2.45, 2.75) is 13.5 Å². The number of amides is 1. The lowest BCUT2D eigenvalue weighted by atomic mass is 10.2. The molecule has 0 atom stereocenters. The molecule has 0 aliphatic rings. The molecular weight excluding hydrogens is 280 g/mol. The molecule has 0 bridgehead atoms. The Hall–Kier alpha value is -2.15. The van der Waals surface area contributed by atoms with Crippen LogP contribution in [0.4, 0.5) is 5.82 Å². The van der Waals surface area contributed by atoms with E-state index >= 15 is 0 Å². The minimum Gasteiger partial charge on any atom is -0.373 e. The lowest BCUT2D eigenvalue weighted by molar-refractivity contribution is 0.0782. The molecule has 2 aromatic heterocycles. The van der Waals surface area contributed by atoms with Crippen LogP contribution in [0.5, 0.6) is 0 Å². The highest BCUT2D eigenvalue weighted by Gasteiger charge is 2.17. The van der Waals surface area contributed by atoms with Crippen LogP contribution in [-0.2, 0) is 6.54 Å². The quantitative estimate of drug-likeness (QED) is 0.892. The van der Waals surface area contributed by atoms with E-state index in [9.17, 15) is 4.79 Å². The number of carbonyl (C=O) groups is 1. The highest BCUT2D eigenvalue weighted by molar-refractivity contribution is 6.33. The van der Waals surface area contributed by atoms with E-state index in [-0.39, 0.29) is 5.91 Å². The molecule has 8 heteroatoms. The average Bonchev–Trinajstić information content (AvgIpc) is 2.84. The number of halogens is 1. The second-order valence-corrected chi connectivity index (χ2v) is 4.70. The van der Waals surface area contributed by atoms with Gasteiger partial charge < -0.3 is 10.2 Å². The zero-order chi connectivity index (χ0) is 14.7. The van der Waals surface area contributed by atoms with Crippen LogP contribution in [-0.4, -0.2) is 45.1 Å². The average molecular weight is 295 g/mol. The van der Waals surface area contributed by atoms with E-state index in [0.29, 0.717) is 34.6 Å². The first-order chi connectivity index (χ1) is 9.51. The van der Waals surface area contributed by atoms with Crippen molar-refractivity contribution in [3.05, 3.63) is 34.5 Å². The smallest absolute Gasteiger partial charge is 0.255 e. The summed E-state index contributed by atoms with van der Waals surface area (Å²) in [4.78, 5) is 22.1. The fraction of sp³-hybridized carbons (Fsp3) is 0.333. The van der Waals surface area contributed by atoms with Gasteiger partial charge >= 0.3 is 0 Å². The Labute approximate surface area is 121 Å². The lowest BCUT2D eigenvalue weighted by Crippen LogP contribution is -2.27. The fourth-order valence-electron chi connectivity index (χ4n) is 1.69. The van der Waals surface area contributed by atoms with Gasteiger partial charge in [0.2, 0.25) is 0 Å². The van der Waals surface area contributed by atoms with Gasteiger partial charge in [-0.3, -0.25) is 9.89 Å². The number of nitrogens with zero attached hydrogens (tertiary/aromatic N) is 4. The number of hydrogen-bond acceptors (Lipinski definition) is 5. The number of aromatic amines is 1. The largest absolute Gasteiger partial charge is 0.373 e. The summed E-state index contributed by atoms with van der Waals surface area (Å²) in [5, 5.41) is 9.92. The molecule has 0 aromatic carbocycles. The van der Waals surface area contributed by atoms with Crippen LogP contribution in [0.25, 0.3) is 0 Å². The first-order valence-corrected chi connectivity index (χ1v) is 6.35. The maximum Gasteiger partial charge on any atom is 0.255 e. The number of pyridine rings is 1. The number of hydrogen-bond donors (Lipinski definition) is 2. The van der Waals surface area contributed by atoms with Crippen LogP contribution < -0.4 is 5.32 Å². The van der Waals surface area contributed by atoms with Gasteiger partial charge in [-0.25, -0.2) is 9.97 Å². The van der Waals surface area contributed by atoms with Gasteiger partial charge in [0.25, 0.3) is 5.91 Å². The summed E-state index contributed by atoms with van der Waals surface area (Å²) in [6, 6.07) is 1.62. The van der Waals surface area contributed by atoms with Gasteiger partial charge in [-0.1, -0.05) is 11.6 Å². The molecule has 0 fully saturated rings. The second kappa shape index (κ2) is 5.87. The van der Waals surface area contributed by atoms with Crippen LogP contribution in [0.3, 0.4) is 0 Å². The lowest BCUT2D eigenvalue weighted by Gasteiger charge is -2.16. The third-order valence-electron chi connectivity index (χ3n) is 2.71. The Bertz CT molecular complexity index is 626. The summed E-state index contributed by atoms with van der Waals surface area (Å²) >= 11 is 6.02. The minimum atomic E-state index is -0.212. The van der Waals surface area contributed by atoms with Crippen molar-refractivity contribution >= 4 is 23.3 Å². The Morgan fingerprint density at radius 2 is 2.30 bits per heavy atom. The van der Waals surface area contributed by atoms with Crippen molar-refractivity contribution in [3.8, 4) is 0 Å². The van der Waals surface area contributed by atoms with Crippen LogP contribution in [0.15, 0.2) is 12.3 Å². The van der Waals surface area contributed by atoms with Gasteiger partial charge in [-0.2, -0.15) is 5.10 Å². The zero-order valence-electron chi connectivity index (χ0n) is 11.4. The van der Waals surface area contributed by atoms with Gasteiger partial charge in [0.05, 0.1) is 17.1 Å². The number of carbonyl (C=O) groups excluding carboxylic acids is 1. The Kier molecular flexibility index (Phi) is 4.19. The summed E-state index contributed by atoms with van der Waals surface area (Å²) in [6.45, 7) is 2.11. The number of nitrogens with one attached hydrogen (secondary N) is 2. The van der Waals surface area contributed by atoms with E-state index < -0.39 is 0 Å². The van der Waals surface area contributed by atoms with E-state index in [4.69, 9.17) is 11.6 Å². The first kappa shape index (κ1) is 14.3. The molecule has 0 unspecified atom stereocenters. The van der Waals surface area contributed by atoms with Crippen molar-refractivity contribution in [1.29, 1.82) is 0 Å². The second-order valence-electron chi connectivity index (χ2n) is 4.30. The Morgan fingerprint density at radius 1 is 1.55 bits per heavy atom. The molecule has 0 saturated carbocycles. The van der Waals surface area contributed by atoms with E-state index in [1.807, 2.05) is 0 Å². The molecule has 2 N–H and O–H groups in total. The summed E-state index contributed by atoms with van der Waals surface area (Å²) in [5.74, 6) is 1.63. The fourth-order valence-corrected chi connectivity index (χ4v) is 1.87. The topological polar surface area (TPSA) is 86.8 Å². The van der Waals surface area contributed by atoms with Crippen LogP contribution in [0.1, 0.15) is 22.0 Å². The number of H-pyrrole nitrogens is 1. The molecule has 2 aromatic rings. The molecule has 0 aliphatic carbocycles. The van der Waals surface area contributed by atoms with Gasteiger partial charge in [-0.15, -0.1) is 0 Å². The molecule has 2 heterocycles. The molecular formula is C12H15ClN6O. The van der Waals surface area contributed by atoms with E-state index in [1.165, 1.54) is 11.1 Å². The first-order valence-electron chi connectivity index (χ1n) is 5.98. The monoisotopic (exact) mass is 294 g/mol. The third-order valence-corrected chi connectivity index (χ3v) is 3.01. The Balaban J connectivity index is 2.17. The maximum absolute atomic E-state index is 12.4. The molecule has 7 nitrogen and oxygen atoms in total. The van der Waals surface area contributed by atoms with E-state index in [1.54, 1.807) is 27.1 Å². The molecule has 0 radical (unpaired) electrons. The van der Waals surface area contributed by atoms with Crippen molar-refractivity contribution in [2.24, 2.45) is 0 Å². The predicted molar refractivity (Wildman–Crippen MR) is 75.7 cm³/mol. The summed E-state index contributed by atoms with van der Waals surface area (Å²) in [6.07, 6.45) is 1.45. The van der Waals surface area contributed by atoms with E-state index in [2.05, 4.69) is 25.5 Å².